The molecule has 2 heterocycles. The molecule has 2 nitrogen and oxygen atoms in total. The summed E-state index contributed by atoms with van der Waals surface area (Å²) >= 11 is 0. The summed E-state index contributed by atoms with van der Waals surface area (Å²) in [5, 5.41) is 3.17. The highest BCUT2D eigenvalue weighted by Gasteiger charge is 2.14. The Morgan fingerprint density at radius 1 is 1.60 bits per heavy atom. The van der Waals surface area contributed by atoms with Gasteiger partial charge in [0.1, 0.15) is 0 Å². The first-order chi connectivity index (χ1) is 4.88. The standard InChI is InChI=1S/C8H10N2/c1-7-3-2-4-10-6-9-5-8(7)10/h2-5,9H,6H2,1H3. The second-order valence-corrected chi connectivity index (χ2v) is 2.55. The number of fused-ring (bicyclic) bond motifs is 1. The van der Waals surface area contributed by atoms with Crippen LogP contribution in [-0.2, 0) is 0 Å². The molecule has 2 rings (SSSR count). The fourth-order valence-electron chi connectivity index (χ4n) is 1.26. The van der Waals surface area contributed by atoms with Crippen LogP contribution in [0.2, 0.25) is 0 Å². The highest BCUT2D eigenvalue weighted by molar-refractivity contribution is 5.37. The van der Waals surface area contributed by atoms with Gasteiger partial charge in [-0.25, -0.2) is 0 Å². The Morgan fingerprint density at radius 3 is 3.30 bits per heavy atom. The highest BCUT2D eigenvalue weighted by atomic mass is 15.3. The van der Waals surface area contributed by atoms with E-state index in [2.05, 4.69) is 41.7 Å². The lowest BCUT2D eigenvalue weighted by Gasteiger charge is -2.19. The first kappa shape index (κ1) is 5.59. The maximum atomic E-state index is 3.17. The van der Waals surface area contributed by atoms with Crippen molar-refractivity contribution in [2.45, 2.75) is 6.92 Å². The lowest BCUT2D eigenvalue weighted by Crippen LogP contribution is -2.19. The van der Waals surface area contributed by atoms with E-state index in [0.717, 1.165) is 6.67 Å². The molecule has 1 N–H and O–H groups in total. The lowest BCUT2D eigenvalue weighted by atomic mass is 10.1. The Kier molecular flexibility index (Phi) is 1.07. The molecule has 0 radical (unpaired) electrons. The molecule has 0 unspecified atom stereocenters. The molecule has 0 aromatic carbocycles. The van der Waals surface area contributed by atoms with E-state index >= 15 is 0 Å². The van der Waals surface area contributed by atoms with E-state index in [4.69, 9.17) is 0 Å². The van der Waals surface area contributed by atoms with Crippen molar-refractivity contribution in [1.29, 1.82) is 0 Å². The van der Waals surface area contributed by atoms with Crippen LogP contribution in [-0.4, -0.2) is 11.6 Å². The minimum absolute atomic E-state index is 0.914. The molecule has 2 aliphatic rings. The predicted octanol–water partition coefficient (Wildman–Crippen LogP) is 1.16. The fourth-order valence-corrected chi connectivity index (χ4v) is 1.26. The van der Waals surface area contributed by atoms with Crippen molar-refractivity contribution in [1.82, 2.24) is 10.2 Å². The van der Waals surface area contributed by atoms with E-state index < -0.39 is 0 Å². The topological polar surface area (TPSA) is 15.3 Å². The van der Waals surface area contributed by atoms with Crippen molar-refractivity contribution in [3.63, 3.8) is 0 Å². The van der Waals surface area contributed by atoms with Crippen LogP contribution in [0.5, 0.6) is 0 Å². The molecule has 52 valence electrons. The number of hydrogen-bond acceptors (Lipinski definition) is 2. The zero-order chi connectivity index (χ0) is 6.97. The quantitative estimate of drug-likeness (QED) is 0.535. The highest BCUT2D eigenvalue weighted by Crippen LogP contribution is 2.20. The molecule has 0 aliphatic carbocycles. The van der Waals surface area contributed by atoms with E-state index in [-0.39, 0.29) is 0 Å². The number of nitrogens with zero attached hydrogens (tertiary/aromatic N) is 1. The van der Waals surface area contributed by atoms with E-state index in [9.17, 15) is 0 Å². The number of hydrogen-bond donors (Lipinski definition) is 1. The van der Waals surface area contributed by atoms with Crippen LogP contribution in [0.25, 0.3) is 0 Å². The Hall–Kier alpha value is -1.18. The second kappa shape index (κ2) is 1.90. The second-order valence-electron chi connectivity index (χ2n) is 2.55. The molecule has 0 atom stereocenters. The first-order valence-electron chi connectivity index (χ1n) is 3.43. The average Bonchev–Trinajstić information content (AvgIpc) is 2.36. The third kappa shape index (κ3) is 0.652. The minimum atomic E-state index is 0.914. The minimum Gasteiger partial charge on any atom is -0.372 e. The van der Waals surface area contributed by atoms with Crippen molar-refractivity contribution in [2.75, 3.05) is 6.67 Å². The first-order valence-corrected chi connectivity index (χ1v) is 3.43. The summed E-state index contributed by atoms with van der Waals surface area (Å²) in [6.07, 6.45) is 8.32. The van der Waals surface area contributed by atoms with Crippen molar-refractivity contribution < 1.29 is 0 Å². The Morgan fingerprint density at radius 2 is 2.50 bits per heavy atom. The summed E-state index contributed by atoms with van der Waals surface area (Å²) in [6, 6.07) is 0. The maximum absolute atomic E-state index is 3.17. The van der Waals surface area contributed by atoms with Crippen LogP contribution in [0.3, 0.4) is 0 Å². The van der Waals surface area contributed by atoms with Gasteiger partial charge in [0, 0.05) is 12.4 Å². The molecule has 0 aromatic heterocycles. The van der Waals surface area contributed by atoms with Crippen LogP contribution >= 0.6 is 0 Å². The average molecular weight is 134 g/mol. The van der Waals surface area contributed by atoms with Crippen molar-refractivity contribution >= 4 is 0 Å². The predicted molar refractivity (Wildman–Crippen MR) is 40.8 cm³/mol. The zero-order valence-corrected chi connectivity index (χ0v) is 5.96. The van der Waals surface area contributed by atoms with Gasteiger partial charge in [0.15, 0.2) is 0 Å². The van der Waals surface area contributed by atoms with E-state index in [1.165, 1.54) is 11.3 Å². The Balaban J connectivity index is 2.38. The number of nitrogens with one attached hydrogen (secondary N) is 1. The van der Waals surface area contributed by atoms with Gasteiger partial charge in [-0.1, -0.05) is 6.08 Å². The molecule has 0 fully saturated rings. The fraction of sp³-hybridized carbons (Fsp3) is 0.250. The van der Waals surface area contributed by atoms with Gasteiger partial charge in [-0.05, 0) is 18.6 Å². The zero-order valence-electron chi connectivity index (χ0n) is 5.96. The van der Waals surface area contributed by atoms with Crippen LogP contribution in [0.1, 0.15) is 6.92 Å². The summed E-state index contributed by atoms with van der Waals surface area (Å²) in [5.41, 5.74) is 2.62. The molecule has 2 aliphatic heterocycles. The summed E-state index contributed by atoms with van der Waals surface area (Å²) in [7, 11) is 0. The number of allylic oxidation sites excluding steroid dienone is 3. The monoisotopic (exact) mass is 134 g/mol. The SMILES string of the molecule is CC1=CC=CN2CNC=C12. The molecular formula is C8H10N2. The molecular weight excluding hydrogens is 124 g/mol. The van der Waals surface area contributed by atoms with Gasteiger partial charge in [0.05, 0.1) is 12.4 Å². The molecule has 0 aromatic rings. The van der Waals surface area contributed by atoms with Crippen LogP contribution in [0, 0.1) is 0 Å². The third-order valence-electron chi connectivity index (χ3n) is 1.83. The lowest BCUT2D eigenvalue weighted by molar-refractivity contribution is 0.492. The smallest absolute Gasteiger partial charge is 0.0916 e. The van der Waals surface area contributed by atoms with Gasteiger partial charge in [0.2, 0.25) is 0 Å². The molecule has 0 spiro atoms. The third-order valence-corrected chi connectivity index (χ3v) is 1.83. The van der Waals surface area contributed by atoms with E-state index in [0.29, 0.717) is 0 Å². The molecule has 10 heavy (non-hydrogen) atoms. The van der Waals surface area contributed by atoms with Crippen LogP contribution in [0.15, 0.2) is 35.8 Å². The van der Waals surface area contributed by atoms with Crippen molar-refractivity contribution in [3.05, 3.63) is 35.8 Å². The molecule has 0 saturated carbocycles. The van der Waals surface area contributed by atoms with Gasteiger partial charge >= 0.3 is 0 Å². The van der Waals surface area contributed by atoms with Gasteiger partial charge < -0.3 is 10.2 Å². The van der Waals surface area contributed by atoms with Gasteiger partial charge in [-0.15, -0.1) is 0 Å². The normalized spacial score (nSPS) is 21.5. The van der Waals surface area contributed by atoms with Crippen molar-refractivity contribution in [3.8, 4) is 0 Å². The van der Waals surface area contributed by atoms with E-state index in [1.54, 1.807) is 0 Å². The van der Waals surface area contributed by atoms with E-state index in [1.807, 2.05) is 0 Å². The van der Waals surface area contributed by atoms with Gasteiger partial charge in [-0.2, -0.15) is 0 Å². The molecule has 0 saturated heterocycles. The Labute approximate surface area is 60.5 Å². The summed E-state index contributed by atoms with van der Waals surface area (Å²) in [6.45, 7) is 3.03. The molecule has 2 heteroatoms. The summed E-state index contributed by atoms with van der Waals surface area (Å²) in [5.74, 6) is 0. The maximum Gasteiger partial charge on any atom is 0.0916 e. The summed E-state index contributed by atoms with van der Waals surface area (Å²) < 4.78 is 0. The van der Waals surface area contributed by atoms with Gasteiger partial charge in [0.25, 0.3) is 0 Å². The molecule has 0 bridgehead atoms. The largest absolute Gasteiger partial charge is 0.372 e. The van der Waals surface area contributed by atoms with Gasteiger partial charge in [-0.3, -0.25) is 0 Å². The van der Waals surface area contributed by atoms with Crippen LogP contribution < -0.4 is 5.32 Å². The van der Waals surface area contributed by atoms with Crippen molar-refractivity contribution in [2.24, 2.45) is 0 Å². The Bertz CT molecular complexity index is 236. The summed E-state index contributed by atoms with van der Waals surface area (Å²) in [4.78, 5) is 2.19. The van der Waals surface area contributed by atoms with Crippen LogP contribution in [0.4, 0.5) is 0 Å². The number of rotatable bonds is 0. The molecule has 0 amide bonds.